The Morgan fingerprint density at radius 3 is 2.29 bits per heavy atom. The number of hydrogen-bond acceptors (Lipinski definition) is 4. The molecule has 2 heterocycles. The Morgan fingerprint density at radius 2 is 1.68 bits per heavy atom. The number of amides is 4. The molecule has 2 aliphatic rings. The van der Waals surface area contributed by atoms with Crippen molar-refractivity contribution in [2.24, 2.45) is 5.92 Å². The minimum atomic E-state index is -0.591. The van der Waals surface area contributed by atoms with Crippen LogP contribution in [0.15, 0.2) is 24.3 Å². The Hall–Kier alpha value is -2.77. The first-order valence-electron chi connectivity index (χ1n) is 11.2. The number of ether oxygens (including phenoxy) is 1. The molecule has 0 bridgehead atoms. The zero-order chi connectivity index (χ0) is 22.4. The smallest absolute Gasteiger partial charge is 0.317 e. The lowest BCUT2D eigenvalue weighted by atomic mass is 9.88. The summed E-state index contributed by atoms with van der Waals surface area (Å²) in [6.07, 6.45) is 3.34. The molecule has 8 heteroatoms. The van der Waals surface area contributed by atoms with E-state index in [1.165, 1.54) is 0 Å². The molecular formula is C23H34N4O4. The molecule has 0 radical (unpaired) electrons. The molecule has 0 aliphatic carbocycles. The summed E-state index contributed by atoms with van der Waals surface area (Å²) in [5, 5.41) is 5.92. The summed E-state index contributed by atoms with van der Waals surface area (Å²) in [6.45, 7) is 6.48. The first kappa shape index (κ1) is 22.9. The minimum Gasteiger partial charge on any atom is -0.497 e. The summed E-state index contributed by atoms with van der Waals surface area (Å²) in [5.74, 6) is 0.292. The zero-order valence-electron chi connectivity index (χ0n) is 18.7. The average molecular weight is 431 g/mol. The van der Waals surface area contributed by atoms with Crippen molar-refractivity contribution >= 4 is 17.8 Å². The number of carbonyl (C=O) groups is 3. The van der Waals surface area contributed by atoms with Crippen molar-refractivity contribution in [3.8, 4) is 5.75 Å². The molecule has 1 unspecified atom stereocenters. The molecule has 31 heavy (non-hydrogen) atoms. The molecule has 2 saturated heterocycles. The fourth-order valence-electron chi connectivity index (χ4n) is 4.28. The molecule has 2 aliphatic heterocycles. The average Bonchev–Trinajstić information content (AvgIpc) is 3.31. The van der Waals surface area contributed by atoms with Gasteiger partial charge in [-0.3, -0.25) is 9.59 Å². The van der Waals surface area contributed by atoms with Gasteiger partial charge in [0.15, 0.2) is 0 Å². The monoisotopic (exact) mass is 430 g/mol. The first-order valence-corrected chi connectivity index (χ1v) is 11.2. The Morgan fingerprint density at radius 1 is 1.00 bits per heavy atom. The highest BCUT2D eigenvalue weighted by molar-refractivity contribution is 5.98. The molecule has 0 spiro atoms. The lowest BCUT2D eigenvalue weighted by Crippen LogP contribution is -2.55. The third-order valence-corrected chi connectivity index (χ3v) is 6.01. The molecule has 1 atom stereocenters. The summed E-state index contributed by atoms with van der Waals surface area (Å²) in [7, 11) is 1.56. The number of hydrogen-bond donors (Lipinski definition) is 2. The van der Waals surface area contributed by atoms with Gasteiger partial charge in [0, 0.05) is 37.8 Å². The predicted octanol–water partition coefficient (Wildman–Crippen LogP) is 2.25. The second-order valence-corrected chi connectivity index (χ2v) is 8.64. The minimum absolute atomic E-state index is 0.00856. The number of methoxy groups -OCH3 is 1. The SMILES string of the molecule is COc1cccc(C(=O)NC(C(=O)N2CCCC2)C2CCN(C(=O)NC(C)C)CC2)c1. The normalized spacial score (nSPS) is 18.1. The van der Waals surface area contributed by atoms with Crippen molar-refractivity contribution in [2.75, 3.05) is 33.3 Å². The molecule has 4 amide bonds. The van der Waals surface area contributed by atoms with Gasteiger partial charge in [0.05, 0.1) is 7.11 Å². The van der Waals surface area contributed by atoms with Crippen LogP contribution in [0.3, 0.4) is 0 Å². The molecule has 170 valence electrons. The van der Waals surface area contributed by atoms with Gasteiger partial charge in [-0.1, -0.05) is 6.07 Å². The van der Waals surface area contributed by atoms with E-state index in [-0.39, 0.29) is 29.8 Å². The maximum Gasteiger partial charge on any atom is 0.317 e. The predicted molar refractivity (Wildman–Crippen MR) is 118 cm³/mol. The zero-order valence-corrected chi connectivity index (χ0v) is 18.7. The first-order chi connectivity index (χ1) is 14.9. The van der Waals surface area contributed by atoms with E-state index < -0.39 is 6.04 Å². The largest absolute Gasteiger partial charge is 0.497 e. The second-order valence-electron chi connectivity index (χ2n) is 8.64. The van der Waals surface area contributed by atoms with Crippen molar-refractivity contribution in [3.63, 3.8) is 0 Å². The van der Waals surface area contributed by atoms with E-state index in [0.29, 0.717) is 37.2 Å². The van der Waals surface area contributed by atoms with Gasteiger partial charge < -0.3 is 25.2 Å². The van der Waals surface area contributed by atoms with Gasteiger partial charge in [0.1, 0.15) is 11.8 Å². The Kier molecular flexibility index (Phi) is 7.76. The quantitative estimate of drug-likeness (QED) is 0.724. The number of benzene rings is 1. The Balaban J connectivity index is 1.70. The van der Waals surface area contributed by atoms with Crippen molar-refractivity contribution < 1.29 is 19.1 Å². The van der Waals surface area contributed by atoms with Crippen LogP contribution < -0.4 is 15.4 Å². The molecule has 8 nitrogen and oxygen atoms in total. The summed E-state index contributed by atoms with van der Waals surface area (Å²) < 4.78 is 5.22. The maximum absolute atomic E-state index is 13.3. The third-order valence-electron chi connectivity index (χ3n) is 6.01. The number of urea groups is 1. The lowest BCUT2D eigenvalue weighted by Gasteiger charge is -2.37. The molecule has 2 N–H and O–H groups in total. The van der Waals surface area contributed by atoms with E-state index in [1.54, 1.807) is 36.3 Å². The van der Waals surface area contributed by atoms with Crippen molar-refractivity contribution in [1.82, 2.24) is 20.4 Å². The van der Waals surface area contributed by atoms with Gasteiger partial charge in [-0.15, -0.1) is 0 Å². The van der Waals surface area contributed by atoms with Gasteiger partial charge >= 0.3 is 6.03 Å². The summed E-state index contributed by atoms with van der Waals surface area (Å²) >= 11 is 0. The van der Waals surface area contributed by atoms with Gasteiger partial charge in [0.25, 0.3) is 5.91 Å². The van der Waals surface area contributed by atoms with Crippen LogP contribution >= 0.6 is 0 Å². The number of carbonyl (C=O) groups excluding carboxylic acids is 3. The van der Waals surface area contributed by atoms with Crippen LogP contribution in [0.2, 0.25) is 0 Å². The molecule has 1 aromatic rings. The van der Waals surface area contributed by atoms with E-state index in [9.17, 15) is 14.4 Å². The van der Waals surface area contributed by atoms with Crippen molar-refractivity contribution in [1.29, 1.82) is 0 Å². The van der Waals surface area contributed by atoms with Gasteiger partial charge in [-0.25, -0.2) is 4.79 Å². The Labute approximate surface area is 184 Å². The van der Waals surface area contributed by atoms with Crippen LogP contribution in [-0.2, 0) is 4.79 Å². The van der Waals surface area contributed by atoms with E-state index in [1.807, 2.05) is 18.7 Å². The molecule has 0 saturated carbocycles. The van der Waals surface area contributed by atoms with E-state index >= 15 is 0 Å². The summed E-state index contributed by atoms with van der Waals surface area (Å²) in [5.41, 5.74) is 0.465. The highest BCUT2D eigenvalue weighted by Gasteiger charge is 2.37. The van der Waals surface area contributed by atoms with E-state index in [2.05, 4.69) is 10.6 Å². The molecule has 2 fully saturated rings. The van der Waals surface area contributed by atoms with Gasteiger partial charge in [-0.05, 0) is 63.6 Å². The highest BCUT2D eigenvalue weighted by atomic mass is 16.5. The number of nitrogens with zero attached hydrogens (tertiary/aromatic N) is 2. The Bertz CT molecular complexity index is 784. The van der Waals surface area contributed by atoms with Gasteiger partial charge in [0.2, 0.25) is 5.91 Å². The highest BCUT2D eigenvalue weighted by Crippen LogP contribution is 2.24. The number of piperidine rings is 1. The maximum atomic E-state index is 13.3. The number of rotatable bonds is 6. The van der Waals surface area contributed by atoms with Crippen LogP contribution in [0.4, 0.5) is 4.79 Å². The topological polar surface area (TPSA) is 91.0 Å². The van der Waals surface area contributed by atoms with Crippen LogP contribution in [0, 0.1) is 5.92 Å². The third kappa shape index (κ3) is 5.89. The standard InChI is InChI=1S/C23H34N4O4/c1-16(2)24-23(30)27-13-9-17(10-14-27)20(22(29)26-11-4-5-12-26)25-21(28)18-7-6-8-19(15-18)31-3/h6-8,15-17,20H,4-5,9-14H2,1-3H3,(H,24,30)(H,25,28). The number of nitrogens with one attached hydrogen (secondary N) is 2. The van der Waals surface area contributed by atoms with E-state index in [0.717, 1.165) is 25.9 Å². The molecular weight excluding hydrogens is 396 g/mol. The number of likely N-dealkylation sites (tertiary alicyclic amines) is 2. The fourth-order valence-corrected chi connectivity index (χ4v) is 4.28. The second kappa shape index (κ2) is 10.5. The van der Waals surface area contributed by atoms with Crippen LogP contribution in [0.1, 0.15) is 49.9 Å². The lowest BCUT2D eigenvalue weighted by molar-refractivity contribution is -0.134. The van der Waals surface area contributed by atoms with Crippen molar-refractivity contribution in [2.45, 2.75) is 51.6 Å². The van der Waals surface area contributed by atoms with Gasteiger partial charge in [-0.2, -0.15) is 0 Å². The molecule has 0 aromatic heterocycles. The summed E-state index contributed by atoms with van der Waals surface area (Å²) in [4.78, 5) is 42.2. The van der Waals surface area contributed by atoms with E-state index in [4.69, 9.17) is 4.74 Å². The van der Waals surface area contributed by atoms with Crippen molar-refractivity contribution in [3.05, 3.63) is 29.8 Å². The summed E-state index contributed by atoms with van der Waals surface area (Å²) in [6, 6.07) is 6.35. The molecule has 1 aromatic carbocycles. The van der Waals surface area contributed by atoms with Crippen LogP contribution in [0.25, 0.3) is 0 Å². The van der Waals surface area contributed by atoms with Crippen LogP contribution in [-0.4, -0.2) is 73.0 Å². The fraction of sp³-hybridized carbons (Fsp3) is 0.609. The molecule has 3 rings (SSSR count). The van der Waals surface area contributed by atoms with Crippen LogP contribution in [0.5, 0.6) is 5.75 Å².